The number of nitrogens with one attached hydrogen (secondary N) is 2. The smallest absolute Gasteiger partial charge is 0.253 e. The first-order valence-corrected chi connectivity index (χ1v) is 7.66. The second-order valence-electron chi connectivity index (χ2n) is 5.00. The third-order valence-electron chi connectivity index (χ3n) is 3.60. The molecular formula is C14H14Cl2N4O3. The standard InChI is InChI=1S/C14H14Cl2N4O3/c1-22-11-5-8(15)7(4-9(11)16)14(21)19-10-2-3-23-12(10)13-17-6-18-20-13/h4-6,10,12H,2-3H2,1H3,(H,19,21)(H,17,18,20)/t10-,12+/m0/s1. The van der Waals surface area contributed by atoms with Crippen molar-refractivity contribution in [2.24, 2.45) is 0 Å². The van der Waals surface area contributed by atoms with Crippen molar-refractivity contribution in [1.29, 1.82) is 0 Å². The van der Waals surface area contributed by atoms with Crippen LogP contribution in [-0.2, 0) is 4.74 Å². The molecule has 2 N–H and O–H groups in total. The quantitative estimate of drug-likeness (QED) is 0.877. The van der Waals surface area contributed by atoms with Gasteiger partial charge in [0.2, 0.25) is 0 Å². The number of methoxy groups -OCH3 is 1. The molecule has 0 bridgehead atoms. The topological polar surface area (TPSA) is 89.1 Å². The lowest BCUT2D eigenvalue weighted by atomic mass is 10.1. The van der Waals surface area contributed by atoms with E-state index in [0.717, 1.165) is 0 Å². The van der Waals surface area contributed by atoms with Crippen molar-refractivity contribution in [2.75, 3.05) is 13.7 Å². The lowest BCUT2D eigenvalue weighted by molar-refractivity contribution is 0.0792. The molecule has 1 aromatic heterocycles. The zero-order chi connectivity index (χ0) is 16.4. The molecule has 0 saturated carbocycles. The van der Waals surface area contributed by atoms with Gasteiger partial charge in [0.1, 0.15) is 18.2 Å². The fourth-order valence-corrected chi connectivity index (χ4v) is 2.94. The van der Waals surface area contributed by atoms with Crippen LogP contribution in [0.15, 0.2) is 18.5 Å². The van der Waals surface area contributed by atoms with Gasteiger partial charge in [-0.3, -0.25) is 9.89 Å². The van der Waals surface area contributed by atoms with Crippen molar-refractivity contribution in [2.45, 2.75) is 18.6 Å². The summed E-state index contributed by atoms with van der Waals surface area (Å²) in [6, 6.07) is 2.77. The molecule has 122 valence electrons. The van der Waals surface area contributed by atoms with Crippen LogP contribution in [0, 0.1) is 0 Å². The van der Waals surface area contributed by atoms with Gasteiger partial charge in [0.15, 0.2) is 5.82 Å². The summed E-state index contributed by atoms with van der Waals surface area (Å²) in [6.07, 6.45) is 1.70. The number of aromatic nitrogens is 3. The molecule has 2 aromatic rings. The molecule has 1 aliphatic rings. The van der Waals surface area contributed by atoms with E-state index in [2.05, 4.69) is 20.5 Å². The molecule has 9 heteroatoms. The minimum Gasteiger partial charge on any atom is -0.495 e. The van der Waals surface area contributed by atoms with Crippen LogP contribution in [0.3, 0.4) is 0 Å². The Bertz CT molecular complexity index is 708. The second kappa shape index (κ2) is 6.74. The number of nitrogens with zero attached hydrogens (tertiary/aromatic N) is 2. The van der Waals surface area contributed by atoms with Gasteiger partial charge >= 0.3 is 0 Å². The van der Waals surface area contributed by atoms with Gasteiger partial charge in [0.05, 0.1) is 28.8 Å². The van der Waals surface area contributed by atoms with Gasteiger partial charge in [-0.15, -0.1) is 0 Å². The molecule has 7 nitrogen and oxygen atoms in total. The summed E-state index contributed by atoms with van der Waals surface area (Å²) in [4.78, 5) is 16.6. The first kappa shape index (κ1) is 16.0. The fourth-order valence-electron chi connectivity index (χ4n) is 2.46. The van der Waals surface area contributed by atoms with Crippen LogP contribution in [0.2, 0.25) is 10.0 Å². The van der Waals surface area contributed by atoms with Crippen molar-refractivity contribution < 1.29 is 14.3 Å². The number of carbonyl (C=O) groups is 1. The van der Waals surface area contributed by atoms with E-state index in [1.165, 1.54) is 25.6 Å². The highest BCUT2D eigenvalue weighted by Crippen LogP contribution is 2.32. The van der Waals surface area contributed by atoms with Gasteiger partial charge in [-0.25, -0.2) is 4.98 Å². The van der Waals surface area contributed by atoms with Crippen LogP contribution < -0.4 is 10.1 Å². The minimum absolute atomic E-state index is 0.229. The van der Waals surface area contributed by atoms with E-state index in [1.807, 2.05) is 0 Å². The summed E-state index contributed by atoms with van der Waals surface area (Å²) in [5, 5.41) is 10.0. The number of halogens is 2. The largest absolute Gasteiger partial charge is 0.495 e. The SMILES string of the molecule is COc1cc(Cl)c(C(=O)N[C@H]2CCO[C@H]2c2ncn[nH]2)cc1Cl. The van der Waals surface area contributed by atoms with Crippen molar-refractivity contribution >= 4 is 29.1 Å². The van der Waals surface area contributed by atoms with E-state index in [4.69, 9.17) is 32.7 Å². The van der Waals surface area contributed by atoms with E-state index in [0.29, 0.717) is 29.6 Å². The molecule has 2 atom stereocenters. The highest BCUT2D eigenvalue weighted by Gasteiger charge is 2.33. The van der Waals surface area contributed by atoms with Gasteiger partial charge in [-0.2, -0.15) is 5.10 Å². The maximum atomic E-state index is 12.5. The number of carbonyl (C=O) groups excluding carboxylic acids is 1. The number of aromatic amines is 1. The number of rotatable bonds is 4. The molecule has 1 aliphatic heterocycles. The molecule has 1 fully saturated rings. The summed E-state index contributed by atoms with van der Waals surface area (Å²) < 4.78 is 10.7. The Morgan fingerprint density at radius 2 is 2.26 bits per heavy atom. The third kappa shape index (κ3) is 3.26. The fraction of sp³-hybridized carbons (Fsp3) is 0.357. The predicted octanol–water partition coefficient (Wildman–Crippen LogP) is 2.38. The Morgan fingerprint density at radius 3 is 2.96 bits per heavy atom. The molecule has 0 spiro atoms. The third-order valence-corrected chi connectivity index (χ3v) is 4.21. The maximum absolute atomic E-state index is 12.5. The van der Waals surface area contributed by atoms with Crippen molar-refractivity contribution in [3.8, 4) is 5.75 Å². The lowest BCUT2D eigenvalue weighted by Gasteiger charge is -2.18. The van der Waals surface area contributed by atoms with Gasteiger partial charge in [0.25, 0.3) is 5.91 Å². The van der Waals surface area contributed by atoms with Crippen LogP contribution >= 0.6 is 23.2 Å². The number of hydrogen-bond donors (Lipinski definition) is 2. The van der Waals surface area contributed by atoms with Gasteiger partial charge < -0.3 is 14.8 Å². The van der Waals surface area contributed by atoms with E-state index < -0.39 is 0 Å². The van der Waals surface area contributed by atoms with Crippen molar-refractivity contribution in [1.82, 2.24) is 20.5 Å². The van der Waals surface area contributed by atoms with Crippen LogP contribution in [-0.4, -0.2) is 40.8 Å². The molecule has 0 radical (unpaired) electrons. The Balaban J connectivity index is 1.78. The maximum Gasteiger partial charge on any atom is 0.253 e. The van der Waals surface area contributed by atoms with Crippen LogP contribution in [0.1, 0.15) is 28.7 Å². The normalized spacial score (nSPS) is 20.5. The van der Waals surface area contributed by atoms with E-state index in [-0.39, 0.29) is 28.6 Å². The summed E-state index contributed by atoms with van der Waals surface area (Å²) in [5.74, 6) is 0.656. The minimum atomic E-state index is -0.367. The Morgan fingerprint density at radius 1 is 1.43 bits per heavy atom. The first-order valence-electron chi connectivity index (χ1n) is 6.91. The molecule has 2 heterocycles. The Kier molecular flexibility index (Phi) is 4.70. The Labute approximate surface area is 142 Å². The highest BCUT2D eigenvalue weighted by molar-refractivity contribution is 6.36. The molecule has 1 aromatic carbocycles. The molecule has 0 aliphatic carbocycles. The number of benzene rings is 1. The van der Waals surface area contributed by atoms with E-state index in [1.54, 1.807) is 0 Å². The van der Waals surface area contributed by atoms with Crippen LogP contribution in [0.4, 0.5) is 0 Å². The lowest BCUT2D eigenvalue weighted by Crippen LogP contribution is -2.37. The predicted molar refractivity (Wildman–Crippen MR) is 84.0 cm³/mol. The van der Waals surface area contributed by atoms with Crippen molar-refractivity contribution in [3.05, 3.63) is 39.9 Å². The number of H-pyrrole nitrogens is 1. The first-order chi connectivity index (χ1) is 11.1. The average Bonchev–Trinajstić information content (AvgIpc) is 3.19. The Hall–Kier alpha value is -1.83. The summed E-state index contributed by atoms with van der Waals surface area (Å²) >= 11 is 12.2. The van der Waals surface area contributed by atoms with E-state index >= 15 is 0 Å². The zero-order valence-corrected chi connectivity index (χ0v) is 13.7. The van der Waals surface area contributed by atoms with Gasteiger partial charge in [-0.1, -0.05) is 23.2 Å². The van der Waals surface area contributed by atoms with Crippen LogP contribution in [0.25, 0.3) is 0 Å². The number of hydrogen-bond acceptors (Lipinski definition) is 5. The summed E-state index contributed by atoms with van der Waals surface area (Å²) in [7, 11) is 1.48. The van der Waals surface area contributed by atoms with Gasteiger partial charge in [0, 0.05) is 12.7 Å². The molecular weight excluding hydrogens is 343 g/mol. The van der Waals surface area contributed by atoms with Crippen molar-refractivity contribution in [3.63, 3.8) is 0 Å². The monoisotopic (exact) mass is 356 g/mol. The second-order valence-corrected chi connectivity index (χ2v) is 5.81. The number of ether oxygens (including phenoxy) is 2. The van der Waals surface area contributed by atoms with Gasteiger partial charge in [-0.05, 0) is 12.5 Å². The van der Waals surface area contributed by atoms with Crippen LogP contribution in [0.5, 0.6) is 5.75 Å². The summed E-state index contributed by atoms with van der Waals surface area (Å²) in [5.41, 5.74) is 0.278. The van der Waals surface area contributed by atoms with E-state index in [9.17, 15) is 4.79 Å². The molecule has 1 amide bonds. The highest BCUT2D eigenvalue weighted by atomic mass is 35.5. The molecule has 0 unspecified atom stereocenters. The summed E-state index contributed by atoms with van der Waals surface area (Å²) in [6.45, 7) is 0.521. The molecule has 23 heavy (non-hydrogen) atoms. The molecule has 3 rings (SSSR count). The molecule has 1 saturated heterocycles. The zero-order valence-electron chi connectivity index (χ0n) is 12.2. The number of amides is 1. The average molecular weight is 357 g/mol.